The third-order valence-electron chi connectivity index (χ3n) is 2.34. The van der Waals surface area contributed by atoms with E-state index in [1.54, 1.807) is 23.7 Å². The highest BCUT2D eigenvalue weighted by molar-refractivity contribution is 7.80. The number of rotatable bonds is 4. The summed E-state index contributed by atoms with van der Waals surface area (Å²) in [6, 6.07) is 6.05. The Hall–Kier alpha value is -1.46. The molecule has 0 amide bonds. The maximum atomic E-state index is 5.65. The second-order valence-electron chi connectivity index (χ2n) is 3.65. The third-order valence-corrected chi connectivity index (χ3v) is 3.56. The Kier molecular flexibility index (Phi) is 3.71. The van der Waals surface area contributed by atoms with Crippen LogP contribution in [0.1, 0.15) is 15.3 Å². The molecule has 2 aromatic rings. The average molecular weight is 263 g/mol. The van der Waals surface area contributed by atoms with Crippen LogP contribution >= 0.6 is 23.6 Å². The van der Waals surface area contributed by atoms with Crippen LogP contribution in [-0.2, 0) is 6.54 Å². The summed E-state index contributed by atoms with van der Waals surface area (Å²) in [6.07, 6.45) is 3.43. The highest BCUT2D eigenvalue weighted by atomic mass is 32.1. The minimum atomic E-state index is 0.386. The normalized spacial score (nSPS) is 10.2. The topological polar surface area (TPSA) is 50.9 Å². The molecule has 0 aromatic carbocycles. The molecule has 0 unspecified atom stereocenters. The largest absolute Gasteiger partial charge is 0.389 e. The van der Waals surface area contributed by atoms with E-state index in [1.165, 1.54) is 9.75 Å². The molecule has 5 heteroatoms. The fourth-order valence-corrected chi connectivity index (χ4v) is 2.52. The van der Waals surface area contributed by atoms with E-state index in [4.69, 9.17) is 18.0 Å². The predicted octanol–water partition coefficient (Wildman–Crippen LogP) is 2.70. The van der Waals surface area contributed by atoms with E-state index in [2.05, 4.69) is 29.4 Å². The fourth-order valence-electron chi connectivity index (χ4n) is 1.51. The van der Waals surface area contributed by atoms with Gasteiger partial charge in [-0.05, 0) is 25.1 Å². The van der Waals surface area contributed by atoms with Crippen LogP contribution in [0.25, 0.3) is 0 Å². The maximum absolute atomic E-state index is 5.65. The number of nitrogens with zero attached hydrogens (tertiary/aromatic N) is 1. The summed E-state index contributed by atoms with van der Waals surface area (Å²) in [5, 5.41) is 3.30. The molecule has 0 spiro atoms. The summed E-state index contributed by atoms with van der Waals surface area (Å²) in [5.74, 6) is 0. The molecule has 0 saturated heterocycles. The van der Waals surface area contributed by atoms with Crippen molar-refractivity contribution in [3.8, 4) is 0 Å². The number of nitrogens with one attached hydrogen (secondary N) is 1. The van der Waals surface area contributed by atoms with E-state index in [0.717, 1.165) is 17.8 Å². The Morgan fingerprint density at radius 1 is 1.47 bits per heavy atom. The number of aromatic nitrogens is 1. The van der Waals surface area contributed by atoms with Crippen LogP contribution < -0.4 is 11.1 Å². The molecule has 0 fully saturated rings. The van der Waals surface area contributed by atoms with Crippen LogP contribution in [0.5, 0.6) is 0 Å². The highest BCUT2D eigenvalue weighted by Gasteiger charge is 2.04. The molecule has 0 saturated carbocycles. The lowest BCUT2D eigenvalue weighted by Crippen LogP contribution is -2.13. The van der Waals surface area contributed by atoms with Crippen LogP contribution in [0.2, 0.25) is 0 Å². The molecule has 88 valence electrons. The summed E-state index contributed by atoms with van der Waals surface area (Å²) in [6.45, 7) is 2.86. The number of nitrogens with two attached hydrogens (primary N) is 1. The van der Waals surface area contributed by atoms with Crippen molar-refractivity contribution in [3.63, 3.8) is 0 Å². The summed E-state index contributed by atoms with van der Waals surface area (Å²) in [7, 11) is 0. The molecular formula is C12H13N3S2. The van der Waals surface area contributed by atoms with Crippen molar-refractivity contribution in [1.29, 1.82) is 0 Å². The number of pyridine rings is 1. The first kappa shape index (κ1) is 12.0. The number of thiophene rings is 1. The molecular weight excluding hydrogens is 250 g/mol. The van der Waals surface area contributed by atoms with Gasteiger partial charge in [-0.2, -0.15) is 0 Å². The molecule has 3 nitrogen and oxygen atoms in total. The number of aryl methyl sites for hydroxylation is 1. The minimum Gasteiger partial charge on any atom is -0.389 e. The monoisotopic (exact) mass is 263 g/mol. The van der Waals surface area contributed by atoms with Crippen molar-refractivity contribution < 1.29 is 0 Å². The maximum Gasteiger partial charge on any atom is 0.106 e. The highest BCUT2D eigenvalue weighted by Crippen LogP contribution is 2.18. The van der Waals surface area contributed by atoms with Crippen LogP contribution in [0, 0.1) is 6.92 Å². The van der Waals surface area contributed by atoms with Crippen molar-refractivity contribution >= 4 is 34.2 Å². The predicted molar refractivity (Wildman–Crippen MR) is 76.5 cm³/mol. The molecule has 3 N–H and O–H groups in total. The Morgan fingerprint density at radius 3 is 2.94 bits per heavy atom. The third kappa shape index (κ3) is 3.01. The van der Waals surface area contributed by atoms with Crippen molar-refractivity contribution in [1.82, 2.24) is 4.98 Å². The van der Waals surface area contributed by atoms with E-state index < -0.39 is 0 Å². The lowest BCUT2D eigenvalue weighted by molar-refractivity contribution is 1.17. The number of hydrogen-bond acceptors (Lipinski definition) is 4. The Bertz CT molecular complexity index is 534. The molecule has 17 heavy (non-hydrogen) atoms. The zero-order valence-corrected chi connectivity index (χ0v) is 11.1. The van der Waals surface area contributed by atoms with Crippen molar-refractivity contribution in [3.05, 3.63) is 45.9 Å². The molecule has 0 bridgehead atoms. The number of thiocarbonyl (C=S) groups is 1. The van der Waals surface area contributed by atoms with Crippen LogP contribution in [-0.4, -0.2) is 9.97 Å². The fraction of sp³-hybridized carbons (Fsp3) is 0.167. The van der Waals surface area contributed by atoms with Gasteiger partial charge in [0, 0.05) is 28.1 Å². The Balaban J connectivity index is 2.11. The molecule has 0 atom stereocenters. The van der Waals surface area contributed by atoms with Crippen LogP contribution in [0.3, 0.4) is 0 Å². The molecule has 0 aliphatic carbocycles. The zero-order valence-electron chi connectivity index (χ0n) is 9.43. The molecule has 2 heterocycles. The van der Waals surface area contributed by atoms with Gasteiger partial charge in [0.1, 0.15) is 4.99 Å². The number of anilines is 1. The molecule has 0 radical (unpaired) electrons. The average Bonchev–Trinajstić information content (AvgIpc) is 2.73. The van der Waals surface area contributed by atoms with Gasteiger partial charge in [-0.3, -0.25) is 4.98 Å². The van der Waals surface area contributed by atoms with Gasteiger partial charge < -0.3 is 11.1 Å². The molecule has 0 aliphatic heterocycles. The summed E-state index contributed by atoms with van der Waals surface area (Å²) >= 11 is 6.77. The molecule has 2 aromatic heterocycles. The molecule has 2 rings (SSSR count). The van der Waals surface area contributed by atoms with Gasteiger partial charge in [-0.25, -0.2) is 0 Å². The van der Waals surface area contributed by atoms with Crippen LogP contribution in [0.15, 0.2) is 30.6 Å². The van der Waals surface area contributed by atoms with E-state index in [-0.39, 0.29) is 0 Å². The Labute approximate surface area is 110 Å². The molecule has 0 aliphatic rings. The Morgan fingerprint density at radius 2 is 2.29 bits per heavy atom. The summed E-state index contributed by atoms with van der Waals surface area (Å²) in [5.41, 5.74) is 7.37. The van der Waals surface area contributed by atoms with E-state index >= 15 is 0 Å². The van der Waals surface area contributed by atoms with Crippen molar-refractivity contribution in [2.45, 2.75) is 13.5 Å². The standard InChI is InChI=1S/C12H13N3S2/c1-8-2-3-9(17-8)6-15-11-7-14-5-4-10(11)12(13)16/h2-5,7,15H,6H2,1H3,(H2,13,16). The SMILES string of the molecule is Cc1ccc(CNc2cnccc2C(N)=S)s1. The second kappa shape index (κ2) is 5.25. The van der Waals surface area contributed by atoms with Gasteiger partial charge in [0.25, 0.3) is 0 Å². The van der Waals surface area contributed by atoms with Crippen molar-refractivity contribution in [2.24, 2.45) is 5.73 Å². The van der Waals surface area contributed by atoms with Crippen LogP contribution in [0.4, 0.5) is 5.69 Å². The van der Waals surface area contributed by atoms with Crippen molar-refractivity contribution in [2.75, 3.05) is 5.32 Å². The van der Waals surface area contributed by atoms with Gasteiger partial charge in [-0.15, -0.1) is 11.3 Å². The lowest BCUT2D eigenvalue weighted by atomic mass is 10.2. The summed E-state index contributed by atoms with van der Waals surface area (Å²) < 4.78 is 0. The van der Waals surface area contributed by atoms with Gasteiger partial charge in [0.2, 0.25) is 0 Å². The van der Waals surface area contributed by atoms with E-state index in [9.17, 15) is 0 Å². The smallest absolute Gasteiger partial charge is 0.106 e. The summed E-state index contributed by atoms with van der Waals surface area (Å²) in [4.78, 5) is 7.04. The second-order valence-corrected chi connectivity index (χ2v) is 5.46. The quantitative estimate of drug-likeness (QED) is 0.833. The first-order chi connectivity index (χ1) is 8.16. The minimum absolute atomic E-state index is 0.386. The van der Waals surface area contributed by atoms with E-state index in [1.807, 2.05) is 6.07 Å². The first-order valence-electron chi connectivity index (χ1n) is 5.20. The van der Waals surface area contributed by atoms with Gasteiger partial charge in [0.15, 0.2) is 0 Å². The zero-order chi connectivity index (χ0) is 12.3. The van der Waals surface area contributed by atoms with Gasteiger partial charge in [-0.1, -0.05) is 12.2 Å². The van der Waals surface area contributed by atoms with E-state index in [0.29, 0.717) is 4.99 Å². The lowest BCUT2D eigenvalue weighted by Gasteiger charge is -2.09. The van der Waals surface area contributed by atoms with Gasteiger partial charge >= 0.3 is 0 Å². The van der Waals surface area contributed by atoms with Gasteiger partial charge in [0.05, 0.1) is 11.9 Å². The first-order valence-corrected chi connectivity index (χ1v) is 6.42. The number of hydrogen-bond donors (Lipinski definition) is 2.